The van der Waals surface area contributed by atoms with Gasteiger partial charge < -0.3 is 10.8 Å². The van der Waals surface area contributed by atoms with Crippen LogP contribution in [-0.2, 0) is 0 Å². The van der Waals surface area contributed by atoms with Gasteiger partial charge in [-0.15, -0.1) is 23.2 Å². The van der Waals surface area contributed by atoms with Crippen LogP contribution in [0.15, 0.2) is 4.99 Å². The molecule has 2 fully saturated rings. The molecule has 0 aromatic heterocycles. The average Bonchev–Trinajstić information content (AvgIpc) is 2.65. The summed E-state index contributed by atoms with van der Waals surface area (Å²) in [5.41, 5.74) is 5.17. The second-order valence-corrected chi connectivity index (χ2v) is 7.47. The van der Waals surface area contributed by atoms with Crippen molar-refractivity contribution in [3.8, 4) is 0 Å². The van der Waals surface area contributed by atoms with E-state index in [1.165, 1.54) is 19.3 Å². The molecule has 1 aliphatic heterocycles. The molecule has 0 aromatic rings. The van der Waals surface area contributed by atoms with Gasteiger partial charge in [0.05, 0.1) is 16.8 Å². The van der Waals surface area contributed by atoms with Gasteiger partial charge in [-0.05, 0) is 31.6 Å². The molecule has 3 N–H and O–H groups in total. The van der Waals surface area contributed by atoms with Crippen LogP contribution in [0.2, 0.25) is 0 Å². The Hall–Kier alpha value is 0.01000. The number of hydrogen-bond acceptors (Lipinski definition) is 3. The Morgan fingerprint density at radius 3 is 2.42 bits per heavy atom. The van der Waals surface area contributed by atoms with Crippen LogP contribution in [0.4, 0.5) is 0 Å². The number of fused-ring (bicyclic) bond motifs is 1. The second-order valence-electron chi connectivity index (χ2n) is 6.35. The number of alkyl halides is 2. The van der Waals surface area contributed by atoms with Crippen LogP contribution in [0.5, 0.6) is 0 Å². The number of amidine groups is 1. The molecule has 3 rings (SSSR count). The number of hydrogen-bond donors (Lipinski definition) is 2. The van der Waals surface area contributed by atoms with E-state index in [0.717, 1.165) is 25.7 Å². The third kappa shape index (κ3) is 2.18. The Balaban J connectivity index is 1.86. The quantitative estimate of drug-likeness (QED) is 0.732. The summed E-state index contributed by atoms with van der Waals surface area (Å²) in [5.74, 6) is 0.743. The van der Waals surface area contributed by atoms with Gasteiger partial charge in [-0.3, -0.25) is 4.99 Å². The summed E-state index contributed by atoms with van der Waals surface area (Å²) in [4.78, 5) is 4.53. The molecule has 3 nitrogen and oxygen atoms in total. The Morgan fingerprint density at radius 2 is 1.74 bits per heavy atom. The van der Waals surface area contributed by atoms with E-state index >= 15 is 0 Å². The van der Waals surface area contributed by atoms with Crippen molar-refractivity contribution in [2.45, 2.75) is 67.3 Å². The van der Waals surface area contributed by atoms with Crippen LogP contribution in [0.1, 0.15) is 44.9 Å². The molecular weight excluding hydrogens is 283 g/mol. The molecule has 19 heavy (non-hydrogen) atoms. The van der Waals surface area contributed by atoms with Crippen LogP contribution >= 0.6 is 23.2 Å². The van der Waals surface area contributed by atoms with Crippen molar-refractivity contribution in [3.05, 3.63) is 0 Å². The van der Waals surface area contributed by atoms with Crippen molar-refractivity contribution in [1.82, 2.24) is 0 Å². The highest BCUT2D eigenvalue weighted by molar-refractivity contribution is 6.30. The van der Waals surface area contributed by atoms with Gasteiger partial charge in [0, 0.05) is 5.92 Å². The first-order chi connectivity index (χ1) is 9.03. The fourth-order valence-electron chi connectivity index (χ4n) is 4.23. The third-order valence-electron chi connectivity index (χ3n) is 5.31. The van der Waals surface area contributed by atoms with Crippen LogP contribution < -0.4 is 5.73 Å². The third-order valence-corrected chi connectivity index (χ3v) is 6.40. The fraction of sp³-hybridized carbons (Fsp3) is 0.929. The average molecular weight is 305 g/mol. The molecule has 1 heterocycles. The molecule has 0 spiro atoms. The van der Waals surface area contributed by atoms with Gasteiger partial charge in [-0.25, -0.2) is 0 Å². The highest BCUT2D eigenvalue weighted by Crippen LogP contribution is 2.49. The standard InChI is InChI=1S/C14H22Cl2N2O/c15-10-6-9-12(7-11(10)16)18-13(17)14(9,19)8-4-2-1-3-5-8/h8-12,19H,1-7H2,(H2,17,18). The molecule has 2 saturated carbocycles. The maximum Gasteiger partial charge on any atom is 0.129 e. The van der Waals surface area contributed by atoms with Crippen LogP contribution in [0.3, 0.4) is 0 Å². The SMILES string of the molecule is NC1=NC2CC(Cl)C(Cl)CC2C1(O)C1CCCCC1. The lowest BCUT2D eigenvalue weighted by Gasteiger charge is -2.44. The maximum absolute atomic E-state index is 11.2. The van der Waals surface area contributed by atoms with E-state index in [-0.39, 0.29) is 28.6 Å². The van der Waals surface area contributed by atoms with Crippen molar-refractivity contribution in [2.24, 2.45) is 22.6 Å². The van der Waals surface area contributed by atoms with E-state index in [1.54, 1.807) is 0 Å². The minimum atomic E-state index is -0.935. The Bertz CT molecular complexity index is 384. The first-order valence-corrected chi connectivity index (χ1v) is 8.25. The molecule has 5 heteroatoms. The van der Waals surface area contributed by atoms with Gasteiger partial charge in [0.2, 0.25) is 0 Å². The lowest BCUT2D eigenvalue weighted by Crippen LogP contribution is -2.56. The maximum atomic E-state index is 11.2. The van der Waals surface area contributed by atoms with Crippen molar-refractivity contribution in [1.29, 1.82) is 0 Å². The zero-order chi connectivity index (χ0) is 13.6. The number of rotatable bonds is 1. The zero-order valence-corrected chi connectivity index (χ0v) is 12.6. The minimum absolute atomic E-state index is 0.0597. The van der Waals surface area contributed by atoms with Crippen molar-refractivity contribution in [2.75, 3.05) is 0 Å². The molecule has 0 radical (unpaired) electrons. The van der Waals surface area contributed by atoms with Crippen LogP contribution in [0, 0.1) is 11.8 Å². The predicted octanol–water partition coefficient (Wildman–Crippen LogP) is 2.66. The van der Waals surface area contributed by atoms with E-state index < -0.39 is 5.60 Å². The number of halogens is 2. The van der Waals surface area contributed by atoms with Gasteiger partial charge in [0.25, 0.3) is 0 Å². The number of aliphatic imine (C=N–C) groups is 1. The van der Waals surface area contributed by atoms with E-state index in [2.05, 4.69) is 4.99 Å². The summed E-state index contributed by atoms with van der Waals surface area (Å²) in [5, 5.41) is 11.1. The Labute approximate surface area is 124 Å². The molecule has 5 unspecified atom stereocenters. The monoisotopic (exact) mass is 304 g/mol. The summed E-state index contributed by atoms with van der Waals surface area (Å²) in [6.45, 7) is 0. The molecule has 0 aromatic carbocycles. The smallest absolute Gasteiger partial charge is 0.129 e. The normalized spacial score (nSPS) is 47.8. The Morgan fingerprint density at radius 1 is 1.11 bits per heavy atom. The van der Waals surface area contributed by atoms with E-state index in [0.29, 0.717) is 5.84 Å². The molecular formula is C14H22Cl2N2O. The highest BCUT2D eigenvalue weighted by atomic mass is 35.5. The highest BCUT2D eigenvalue weighted by Gasteiger charge is 2.56. The molecule has 0 bridgehead atoms. The van der Waals surface area contributed by atoms with Crippen molar-refractivity contribution in [3.63, 3.8) is 0 Å². The molecule has 108 valence electrons. The summed E-state index contributed by atoms with van der Waals surface area (Å²) in [6, 6.07) is 0.0597. The van der Waals surface area contributed by atoms with Crippen LogP contribution in [-0.4, -0.2) is 33.3 Å². The Kier molecular flexibility index (Phi) is 3.74. The fourth-order valence-corrected chi connectivity index (χ4v) is 4.81. The first kappa shape index (κ1) is 14.0. The largest absolute Gasteiger partial charge is 0.385 e. The van der Waals surface area contributed by atoms with Gasteiger partial charge in [0.1, 0.15) is 11.4 Å². The minimum Gasteiger partial charge on any atom is -0.385 e. The first-order valence-electron chi connectivity index (χ1n) is 7.37. The molecule has 2 aliphatic carbocycles. The summed E-state index contributed by atoms with van der Waals surface area (Å²) in [7, 11) is 0. The zero-order valence-electron chi connectivity index (χ0n) is 11.1. The second kappa shape index (κ2) is 5.09. The van der Waals surface area contributed by atoms with Gasteiger partial charge in [-0.1, -0.05) is 19.3 Å². The summed E-state index contributed by atoms with van der Waals surface area (Å²) >= 11 is 12.5. The molecule has 0 amide bonds. The molecule has 0 saturated heterocycles. The summed E-state index contributed by atoms with van der Waals surface area (Å²) in [6.07, 6.45) is 7.17. The lowest BCUT2D eigenvalue weighted by molar-refractivity contribution is -0.0286. The van der Waals surface area contributed by atoms with Gasteiger partial charge in [-0.2, -0.15) is 0 Å². The number of nitrogens with zero attached hydrogens (tertiary/aromatic N) is 1. The van der Waals surface area contributed by atoms with Crippen molar-refractivity contribution >= 4 is 29.0 Å². The lowest BCUT2D eigenvalue weighted by atomic mass is 9.66. The van der Waals surface area contributed by atoms with E-state index in [4.69, 9.17) is 28.9 Å². The summed E-state index contributed by atoms with van der Waals surface area (Å²) < 4.78 is 0. The van der Waals surface area contributed by atoms with Crippen molar-refractivity contribution < 1.29 is 5.11 Å². The van der Waals surface area contributed by atoms with E-state index in [1.807, 2.05) is 0 Å². The molecule has 3 aliphatic rings. The number of aliphatic hydroxyl groups is 1. The molecule has 5 atom stereocenters. The van der Waals surface area contributed by atoms with E-state index in [9.17, 15) is 5.11 Å². The number of nitrogens with two attached hydrogens (primary N) is 1. The van der Waals surface area contributed by atoms with Gasteiger partial charge in [0.15, 0.2) is 0 Å². The predicted molar refractivity (Wildman–Crippen MR) is 78.9 cm³/mol. The van der Waals surface area contributed by atoms with Crippen LogP contribution in [0.25, 0.3) is 0 Å². The van der Waals surface area contributed by atoms with Gasteiger partial charge >= 0.3 is 0 Å². The topological polar surface area (TPSA) is 58.6 Å².